The van der Waals surface area contributed by atoms with Gasteiger partial charge in [-0.05, 0) is 38.5 Å². The normalized spacial score (nSPS) is 14.8. The molecular formula is C24H36IN9. The van der Waals surface area contributed by atoms with E-state index in [-0.39, 0.29) is 24.0 Å². The number of halogens is 1. The quantitative estimate of drug-likeness (QED) is 0.175. The highest BCUT2D eigenvalue weighted by Crippen LogP contribution is 2.15. The summed E-state index contributed by atoms with van der Waals surface area (Å²) in [6.45, 7) is 12.5. The number of fused-ring (bicyclic) bond motifs is 1. The van der Waals surface area contributed by atoms with Gasteiger partial charge in [-0.15, -0.1) is 24.0 Å². The zero-order valence-electron chi connectivity index (χ0n) is 20.2. The molecule has 1 fully saturated rings. The SMILES string of the molecule is CCNC(=NCCCn1c(C)nc2ccccc21)NCCN1CCN(c2ncccn2)CC1.I. The van der Waals surface area contributed by atoms with Crippen LogP contribution in [0.3, 0.4) is 0 Å². The minimum absolute atomic E-state index is 0. The Labute approximate surface area is 219 Å². The highest BCUT2D eigenvalue weighted by molar-refractivity contribution is 14.0. The van der Waals surface area contributed by atoms with E-state index in [0.29, 0.717) is 0 Å². The van der Waals surface area contributed by atoms with Gasteiger partial charge in [-0.1, -0.05) is 12.1 Å². The fourth-order valence-electron chi connectivity index (χ4n) is 4.20. The summed E-state index contributed by atoms with van der Waals surface area (Å²) in [6, 6.07) is 10.2. The summed E-state index contributed by atoms with van der Waals surface area (Å²) in [5.74, 6) is 2.78. The van der Waals surface area contributed by atoms with E-state index < -0.39 is 0 Å². The zero-order valence-corrected chi connectivity index (χ0v) is 22.5. The first kappa shape index (κ1) is 26.1. The second-order valence-electron chi connectivity index (χ2n) is 8.22. The van der Waals surface area contributed by atoms with Crippen LogP contribution in [0.1, 0.15) is 19.2 Å². The predicted molar refractivity (Wildman–Crippen MR) is 149 cm³/mol. The summed E-state index contributed by atoms with van der Waals surface area (Å²) in [6.07, 6.45) is 4.58. The van der Waals surface area contributed by atoms with Gasteiger partial charge in [0, 0.05) is 71.3 Å². The van der Waals surface area contributed by atoms with Gasteiger partial charge in [-0.25, -0.2) is 15.0 Å². The van der Waals surface area contributed by atoms with Crippen molar-refractivity contribution in [1.82, 2.24) is 35.1 Å². The molecule has 0 amide bonds. The number of hydrogen-bond donors (Lipinski definition) is 2. The third-order valence-electron chi connectivity index (χ3n) is 5.93. The fraction of sp³-hybridized carbons (Fsp3) is 0.500. The molecule has 0 bridgehead atoms. The van der Waals surface area contributed by atoms with E-state index in [1.165, 1.54) is 5.52 Å². The van der Waals surface area contributed by atoms with Gasteiger partial charge in [0.05, 0.1) is 11.0 Å². The Morgan fingerprint density at radius 1 is 1.00 bits per heavy atom. The third kappa shape index (κ3) is 7.02. The van der Waals surface area contributed by atoms with E-state index >= 15 is 0 Å². The van der Waals surface area contributed by atoms with Gasteiger partial charge in [0.2, 0.25) is 5.95 Å². The van der Waals surface area contributed by atoms with Crippen LogP contribution in [-0.4, -0.2) is 82.7 Å². The van der Waals surface area contributed by atoms with Crippen LogP contribution >= 0.6 is 24.0 Å². The number of aryl methyl sites for hydroxylation is 2. The minimum Gasteiger partial charge on any atom is -0.357 e. The number of rotatable bonds is 9. The predicted octanol–water partition coefficient (Wildman–Crippen LogP) is 2.52. The summed E-state index contributed by atoms with van der Waals surface area (Å²) in [5, 5.41) is 6.85. The molecule has 0 spiro atoms. The number of aliphatic imine (C=N–C) groups is 1. The molecule has 1 aromatic carbocycles. The van der Waals surface area contributed by atoms with Crippen LogP contribution in [0, 0.1) is 6.92 Å². The molecule has 9 nitrogen and oxygen atoms in total. The number of piperazine rings is 1. The second kappa shape index (κ2) is 13.4. The van der Waals surface area contributed by atoms with Crippen LogP contribution in [0.4, 0.5) is 5.95 Å². The summed E-state index contributed by atoms with van der Waals surface area (Å²) >= 11 is 0. The monoisotopic (exact) mass is 577 g/mol. The molecule has 2 N–H and O–H groups in total. The Balaban J connectivity index is 0.00000324. The first-order valence-corrected chi connectivity index (χ1v) is 11.9. The lowest BCUT2D eigenvalue weighted by atomic mass is 10.3. The minimum atomic E-state index is 0. The zero-order chi connectivity index (χ0) is 22.9. The van der Waals surface area contributed by atoms with Crippen molar-refractivity contribution in [2.75, 3.05) is 57.3 Å². The molecule has 184 valence electrons. The van der Waals surface area contributed by atoms with Gasteiger partial charge in [0.15, 0.2) is 5.96 Å². The Hall–Kier alpha value is -2.47. The summed E-state index contributed by atoms with van der Waals surface area (Å²) in [5.41, 5.74) is 2.26. The Bertz CT molecular complexity index is 1030. The maximum atomic E-state index is 4.77. The molecule has 0 aliphatic carbocycles. The van der Waals surface area contributed by atoms with E-state index in [1.807, 2.05) is 12.1 Å². The van der Waals surface area contributed by atoms with Crippen molar-refractivity contribution in [2.24, 2.45) is 4.99 Å². The lowest BCUT2D eigenvalue weighted by Crippen LogP contribution is -2.49. The maximum absolute atomic E-state index is 4.77. The second-order valence-corrected chi connectivity index (χ2v) is 8.22. The molecular weight excluding hydrogens is 541 g/mol. The highest BCUT2D eigenvalue weighted by Gasteiger charge is 2.18. The number of nitrogens with one attached hydrogen (secondary N) is 2. The van der Waals surface area contributed by atoms with E-state index in [4.69, 9.17) is 4.99 Å². The van der Waals surface area contributed by atoms with Crippen LogP contribution in [0.5, 0.6) is 0 Å². The Morgan fingerprint density at radius 2 is 1.76 bits per heavy atom. The van der Waals surface area contributed by atoms with Crippen LogP contribution in [0.15, 0.2) is 47.7 Å². The van der Waals surface area contributed by atoms with Gasteiger partial charge in [-0.3, -0.25) is 9.89 Å². The lowest BCUT2D eigenvalue weighted by molar-refractivity contribution is 0.260. The van der Waals surface area contributed by atoms with Gasteiger partial charge in [-0.2, -0.15) is 0 Å². The number of benzene rings is 1. The average Bonchev–Trinajstić information content (AvgIpc) is 3.17. The van der Waals surface area contributed by atoms with Crippen LogP contribution < -0.4 is 15.5 Å². The number of nitrogens with zero attached hydrogens (tertiary/aromatic N) is 7. The molecule has 1 saturated heterocycles. The van der Waals surface area contributed by atoms with Crippen LogP contribution in [0.2, 0.25) is 0 Å². The average molecular weight is 578 g/mol. The molecule has 1 aliphatic rings. The molecule has 3 heterocycles. The Kier molecular flexibility index (Phi) is 10.3. The number of aromatic nitrogens is 4. The van der Waals surface area contributed by atoms with Crippen molar-refractivity contribution in [3.05, 3.63) is 48.5 Å². The van der Waals surface area contributed by atoms with E-state index in [2.05, 4.69) is 72.0 Å². The summed E-state index contributed by atoms with van der Waals surface area (Å²) in [4.78, 5) is 22.9. The summed E-state index contributed by atoms with van der Waals surface area (Å²) in [7, 11) is 0. The van der Waals surface area contributed by atoms with Gasteiger partial charge >= 0.3 is 0 Å². The van der Waals surface area contributed by atoms with E-state index in [1.54, 1.807) is 12.4 Å². The Morgan fingerprint density at radius 3 is 2.53 bits per heavy atom. The van der Waals surface area contributed by atoms with Gasteiger partial charge in [0.25, 0.3) is 0 Å². The number of anilines is 1. The first-order valence-electron chi connectivity index (χ1n) is 11.9. The van der Waals surface area contributed by atoms with Gasteiger partial charge < -0.3 is 20.1 Å². The smallest absolute Gasteiger partial charge is 0.225 e. The standard InChI is InChI=1S/C24H35N9.HI/c1-3-25-23(26-12-7-14-33-20(2)30-21-8-4-5-9-22(21)33)27-13-15-31-16-18-32(19-17-31)24-28-10-6-11-29-24;/h4-6,8-11H,3,7,12-19H2,1-2H3,(H2,25,26,27);1H. The largest absolute Gasteiger partial charge is 0.357 e. The molecule has 4 rings (SSSR count). The van der Waals surface area contributed by atoms with Crippen molar-refractivity contribution < 1.29 is 0 Å². The van der Waals surface area contributed by atoms with Gasteiger partial charge in [0.1, 0.15) is 5.82 Å². The van der Waals surface area contributed by atoms with E-state index in [0.717, 1.165) is 88.6 Å². The van der Waals surface area contributed by atoms with Crippen LogP contribution in [-0.2, 0) is 6.54 Å². The molecule has 0 unspecified atom stereocenters. The topological polar surface area (TPSA) is 86.5 Å². The molecule has 10 heteroatoms. The molecule has 0 atom stereocenters. The molecule has 34 heavy (non-hydrogen) atoms. The molecule has 0 saturated carbocycles. The highest BCUT2D eigenvalue weighted by atomic mass is 127. The number of guanidine groups is 1. The van der Waals surface area contributed by atoms with Crippen molar-refractivity contribution in [3.8, 4) is 0 Å². The first-order chi connectivity index (χ1) is 16.2. The molecule has 2 aromatic heterocycles. The lowest BCUT2D eigenvalue weighted by Gasteiger charge is -2.34. The van der Waals surface area contributed by atoms with E-state index in [9.17, 15) is 0 Å². The van der Waals surface area contributed by atoms with Crippen molar-refractivity contribution in [1.29, 1.82) is 0 Å². The molecule has 1 aliphatic heterocycles. The summed E-state index contributed by atoms with van der Waals surface area (Å²) < 4.78 is 2.28. The number of para-hydroxylation sites is 2. The number of imidazole rings is 1. The van der Waals surface area contributed by atoms with Crippen molar-refractivity contribution >= 4 is 46.9 Å². The van der Waals surface area contributed by atoms with Crippen LogP contribution in [0.25, 0.3) is 11.0 Å². The van der Waals surface area contributed by atoms with Crippen molar-refractivity contribution in [3.63, 3.8) is 0 Å². The van der Waals surface area contributed by atoms with Crippen molar-refractivity contribution in [2.45, 2.75) is 26.8 Å². The number of hydrogen-bond acceptors (Lipinski definition) is 6. The fourth-order valence-corrected chi connectivity index (χ4v) is 4.20. The molecule has 3 aromatic rings. The molecule has 0 radical (unpaired) electrons. The maximum Gasteiger partial charge on any atom is 0.225 e. The third-order valence-corrected chi connectivity index (χ3v) is 5.93.